The van der Waals surface area contributed by atoms with E-state index < -0.39 is 0 Å². The van der Waals surface area contributed by atoms with Crippen molar-refractivity contribution < 1.29 is 14.3 Å². The minimum atomic E-state index is -0.368. The Hall–Kier alpha value is -2.80. The molecule has 1 aromatic heterocycles. The summed E-state index contributed by atoms with van der Waals surface area (Å²) in [6, 6.07) is 7.62. The highest BCUT2D eigenvalue weighted by Crippen LogP contribution is 2.39. The number of aromatic nitrogens is 1. The van der Waals surface area contributed by atoms with Crippen molar-refractivity contribution in [3.8, 4) is 17.6 Å². The maximum absolute atomic E-state index is 11.7. The van der Waals surface area contributed by atoms with Crippen molar-refractivity contribution in [3.63, 3.8) is 0 Å². The highest BCUT2D eigenvalue weighted by molar-refractivity contribution is 5.89. The number of benzene rings is 1. The molecule has 4 nitrogen and oxygen atoms in total. The number of nitrogens with zero attached hydrogens (tertiary/aromatic N) is 1. The summed E-state index contributed by atoms with van der Waals surface area (Å²) in [6.45, 7) is 9.37. The fourth-order valence-electron chi connectivity index (χ4n) is 2.95. The maximum Gasteiger partial charge on any atom is 0.339 e. The topological polar surface area (TPSA) is 48.4 Å². The van der Waals surface area contributed by atoms with Gasteiger partial charge in [-0.2, -0.15) is 0 Å². The van der Waals surface area contributed by atoms with Gasteiger partial charge < -0.3 is 9.47 Å². The Morgan fingerprint density at radius 3 is 2.81 bits per heavy atom. The van der Waals surface area contributed by atoms with Gasteiger partial charge in [-0.25, -0.2) is 9.78 Å². The van der Waals surface area contributed by atoms with Gasteiger partial charge in [0.15, 0.2) is 0 Å². The second-order valence-corrected chi connectivity index (χ2v) is 7.05. The van der Waals surface area contributed by atoms with Crippen molar-refractivity contribution in [2.75, 3.05) is 13.2 Å². The van der Waals surface area contributed by atoms with Crippen molar-refractivity contribution >= 4 is 5.97 Å². The second kappa shape index (κ2) is 7.21. The van der Waals surface area contributed by atoms with Crippen molar-refractivity contribution in [1.29, 1.82) is 0 Å². The lowest BCUT2D eigenvalue weighted by Crippen LogP contribution is -2.26. The first-order valence-electron chi connectivity index (χ1n) is 8.84. The first-order chi connectivity index (χ1) is 12.4. The summed E-state index contributed by atoms with van der Waals surface area (Å²) in [5, 5.41) is 0. The third kappa shape index (κ3) is 3.72. The lowest BCUT2D eigenvalue weighted by atomic mass is 9.78. The van der Waals surface area contributed by atoms with Crippen molar-refractivity contribution in [3.05, 3.63) is 58.4 Å². The molecule has 1 aromatic carbocycles. The Morgan fingerprint density at radius 1 is 1.31 bits per heavy atom. The van der Waals surface area contributed by atoms with Gasteiger partial charge in [0.2, 0.25) is 0 Å². The number of pyridine rings is 1. The van der Waals surface area contributed by atoms with Crippen LogP contribution in [0.5, 0.6) is 5.75 Å². The first-order valence-corrected chi connectivity index (χ1v) is 8.84. The molecule has 0 N–H and O–H groups in total. The fraction of sp³-hybridized carbons (Fsp3) is 0.364. The number of ether oxygens (including phenoxy) is 2. The molecule has 0 spiro atoms. The summed E-state index contributed by atoms with van der Waals surface area (Å²) in [5.41, 5.74) is 4.38. The van der Waals surface area contributed by atoms with Crippen LogP contribution in [0.15, 0.2) is 30.5 Å². The van der Waals surface area contributed by atoms with Crippen LogP contribution in [-0.2, 0) is 10.2 Å². The molecular formula is C22H23NO3. The van der Waals surface area contributed by atoms with Crippen LogP contribution >= 0.6 is 0 Å². The molecular weight excluding hydrogens is 326 g/mol. The van der Waals surface area contributed by atoms with Crippen LogP contribution in [0.3, 0.4) is 0 Å². The van der Waals surface area contributed by atoms with E-state index in [0.29, 0.717) is 17.9 Å². The second-order valence-electron chi connectivity index (χ2n) is 7.05. The summed E-state index contributed by atoms with van der Waals surface area (Å²) in [6.07, 6.45) is 2.49. The van der Waals surface area contributed by atoms with E-state index in [9.17, 15) is 4.79 Å². The third-order valence-corrected chi connectivity index (χ3v) is 4.64. The Kier molecular flexibility index (Phi) is 4.99. The number of aryl methyl sites for hydroxylation is 1. The minimum Gasteiger partial charge on any atom is -0.493 e. The lowest BCUT2D eigenvalue weighted by molar-refractivity contribution is 0.0526. The van der Waals surface area contributed by atoms with Crippen molar-refractivity contribution in [2.45, 2.75) is 39.5 Å². The summed E-state index contributed by atoms with van der Waals surface area (Å²) in [7, 11) is 0. The van der Waals surface area contributed by atoms with Crippen LogP contribution in [-0.4, -0.2) is 24.2 Å². The number of hydrogen-bond donors (Lipinski definition) is 0. The lowest BCUT2D eigenvalue weighted by Gasteiger charge is -2.33. The molecule has 0 amide bonds. The Bertz CT molecular complexity index is 886. The summed E-state index contributed by atoms with van der Waals surface area (Å²) >= 11 is 0. The number of rotatable bonds is 2. The predicted octanol–water partition coefficient (Wildman–Crippen LogP) is 4.03. The molecule has 0 unspecified atom stereocenters. The summed E-state index contributed by atoms with van der Waals surface area (Å²) < 4.78 is 10.8. The molecule has 0 saturated heterocycles. The van der Waals surface area contributed by atoms with Crippen LogP contribution in [0.2, 0.25) is 0 Å². The van der Waals surface area contributed by atoms with Crippen molar-refractivity contribution in [2.24, 2.45) is 0 Å². The van der Waals surface area contributed by atoms with E-state index in [0.717, 1.165) is 29.9 Å². The highest BCUT2D eigenvalue weighted by Gasteiger charge is 2.29. The SMILES string of the molecule is CCOC(=O)c1ccc(C#Cc2cc3c(cc2C)OCCC3(C)C)nc1. The normalized spacial score (nSPS) is 14.5. The number of carbonyl (C=O) groups excluding carboxylic acids is 1. The van der Waals surface area contributed by atoms with Crippen LogP contribution < -0.4 is 4.74 Å². The smallest absolute Gasteiger partial charge is 0.339 e. The largest absolute Gasteiger partial charge is 0.493 e. The number of fused-ring (bicyclic) bond motifs is 1. The molecule has 2 aromatic rings. The van der Waals surface area contributed by atoms with E-state index in [1.54, 1.807) is 19.1 Å². The Labute approximate surface area is 154 Å². The van der Waals surface area contributed by atoms with Crippen LogP contribution in [0, 0.1) is 18.8 Å². The molecule has 26 heavy (non-hydrogen) atoms. The van der Waals surface area contributed by atoms with Gasteiger partial charge >= 0.3 is 5.97 Å². The van der Waals surface area contributed by atoms with Gasteiger partial charge in [0.1, 0.15) is 11.4 Å². The van der Waals surface area contributed by atoms with Gasteiger partial charge in [0, 0.05) is 17.3 Å². The zero-order valence-corrected chi connectivity index (χ0v) is 15.7. The van der Waals surface area contributed by atoms with Crippen molar-refractivity contribution in [1.82, 2.24) is 4.98 Å². The van der Waals surface area contributed by atoms with E-state index >= 15 is 0 Å². The van der Waals surface area contributed by atoms with Crippen LogP contribution in [0.1, 0.15) is 59.9 Å². The predicted molar refractivity (Wildman–Crippen MR) is 100 cm³/mol. The average molecular weight is 349 g/mol. The first kappa shape index (κ1) is 18.0. The van der Waals surface area contributed by atoms with E-state index in [4.69, 9.17) is 9.47 Å². The molecule has 2 heterocycles. The molecule has 0 saturated carbocycles. The number of hydrogen-bond acceptors (Lipinski definition) is 4. The molecule has 0 aliphatic carbocycles. The van der Waals surface area contributed by atoms with Gasteiger partial charge in [-0.15, -0.1) is 0 Å². The van der Waals surface area contributed by atoms with E-state index in [1.807, 2.05) is 6.92 Å². The molecule has 0 bridgehead atoms. The highest BCUT2D eigenvalue weighted by atomic mass is 16.5. The third-order valence-electron chi connectivity index (χ3n) is 4.64. The molecule has 1 aliphatic heterocycles. The zero-order chi connectivity index (χ0) is 18.7. The minimum absolute atomic E-state index is 0.0806. The molecule has 0 fully saturated rings. The van der Waals surface area contributed by atoms with Gasteiger partial charge in [0.05, 0.1) is 18.8 Å². The molecule has 1 aliphatic rings. The molecule has 0 atom stereocenters. The number of carbonyl (C=O) groups is 1. The van der Waals surface area contributed by atoms with Gasteiger partial charge in [-0.1, -0.05) is 19.8 Å². The molecule has 4 heteroatoms. The number of esters is 1. The van der Waals surface area contributed by atoms with Crippen LogP contribution in [0.4, 0.5) is 0 Å². The maximum atomic E-state index is 11.7. The van der Waals surface area contributed by atoms with Gasteiger partial charge in [-0.3, -0.25) is 0 Å². The zero-order valence-electron chi connectivity index (χ0n) is 15.7. The summed E-state index contributed by atoms with van der Waals surface area (Å²) in [5.74, 6) is 6.88. The molecule has 0 radical (unpaired) electrons. The quantitative estimate of drug-likeness (QED) is 0.607. The fourth-order valence-corrected chi connectivity index (χ4v) is 2.95. The molecule has 134 valence electrons. The Morgan fingerprint density at radius 2 is 2.12 bits per heavy atom. The van der Waals surface area contributed by atoms with Gasteiger partial charge in [0.25, 0.3) is 0 Å². The van der Waals surface area contributed by atoms with E-state index in [2.05, 4.69) is 42.8 Å². The Balaban J connectivity index is 1.87. The molecule has 3 rings (SSSR count). The standard InChI is InChI=1S/C22H23NO3/c1-5-25-21(24)17-7-9-18(23-14-17)8-6-16-13-19-20(12-15(16)2)26-11-10-22(19,3)4/h7,9,12-14H,5,10-11H2,1-4H3. The monoisotopic (exact) mass is 349 g/mol. The van der Waals surface area contributed by atoms with Crippen LogP contribution in [0.25, 0.3) is 0 Å². The average Bonchev–Trinajstić information content (AvgIpc) is 2.60. The van der Waals surface area contributed by atoms with Gasteiger partial charge in [-0.05, 0) is 61.4 Å². The summed E-state index contributed by atoms with van der Waals surface area (Å²) in [4.78, 5) is 15.9. The van der Waals surface area contributed by atoms with E-state index in [1.165, 1.54) is 11.8 Å². The van der Waals surface area contributed by atoms with E-state index in [-0.39, 0.29) is 11.4 Å².